The lowest BCUT2D eigenvalue weighted by atomic mass is 10.3. The Bertz CT molecular complexity index is 1640. The molecule has 2 aliphatic rings. The van der Waals surface area contributed by atoms with Crippen molar-refractivity contribution in [1.29, 1.82) is 0 Å². The highest BCUT2D eigenvalue weighted by Crippen LogP contribution is 2.35. The Labute approximate surface area is 219 Å². The Morgan fingerprint density at radius 2 is 1.91 bits per heavy atom. The van der Waals surface area contributed by atoms with Crippen molar-refractivity contribution >= 4 is 83.1 Å². The molecule has 1 saturated heterocycles. The molecule has 0 spiro atoms. The van der Waals surface area contributed by atoms with Crippen LogP contribution >= 0.6 is 46.0 Å². The Morgan fingerprint density at radius 1 is 1.11 bits per heavy atom. The summed E-state index contributed by atoms with van der Waals surface area (Å²) >= 11 is 10.4. The summed E-state index contributed by atoms with van der Waals surface area (Å²) in [4.78, 5) is 35.8. The molecule has 0 radical (unpaired) electrons. The number of carbonyl (C=O) groups is 1. The first-order valence-electron chi connectivity index (χ1n) is 11.1. The number of hydrogen-bond donors (Lipinski definition) is 0. The maximum atomic E-state index is 13.5. The number of aromatic nitrogens is 2. The summed E-state index contributed by atoms with van der Waals surface area (Å²) in [6.45, 7) is 4.81. The van der Waals surface area contributed by atoms with Crippen LogP contribution < -0.4 is 19.3 Å². The van der Waals surface area contributed by atoms with E-state index < -0.39 is 0 Å². The quantitative estimate of drug-likeness (QED) is 0.475. The third-order valence-electron chi connectivity index (χ3n) is 5.82. The molecule has 1 aromatic carbocycles. The number of allylic oxidation sites excluding steroid dienone is 2. The zero-order valence-corrected chi connectivity index (χ0v) is 22.8. The van der Waals surface area contributed by atoms with E-state index in [0.29, 0.717) is 37.4 Å². The van der Waals surface area contributed by atoms with Crippen molar-refractivity contribution in [1.82, 2.24) is 14.4 Å². The zero-order valence-electron chi connectivity index (χ0n) is 19.6. The van der Waals surface area contributed by atoms with E-state index in [4.69, 9.17) is 16.6 Å². The summed E-state index contributed by atoms with van der Waals surface area (Å²) in [7, 11) is 3.86. The molecule has 11 heteroatoms. The average Bonchev–Trinajstić information content (AvgIpc) is 3.44. The van der Waals surface area contributed by atoms with Crippen molar-refractivity contribution in [3.05, 3.63) is 67.2 Å². The van der Waals surface area contributed by atoms with Crippen molar-refractivity contribution in [2.45, 2.75) is 20.4 Å². The number of fused-ring (bicyclic) bond motifs is 1. The molecule has 2 aromatic heterocycles. The molecule has 0 bridgehead atoms. The second-order valence-corrected chi connectivity index (χ2v) is 11.3. The first kappa shape index (κ1) is 24.1. The van der Waals surface area contributed by atoms with Gasteiger partial charge in [-0.15, -0.1) is 11.3 Å². The lowest BCUT2D eigenvalue weighted by molar-refractivity contribution is -0.627. The van der Waals surface area contributed by atoms with Crippen LogP contribution in [-0.4, -0.2) is 39.0 Å². The number of thioether (sulfide) groups is 1. The Kier molecular flexibility index (Phi) is 6.47. The fourth-order valence-electron chi connectivity index (χ4n) is 3.98. The monoisotopic (exact) mass is 544 g/mol. The van der Waals surface area contributed by atoms with Gasteiger partial charge in [-0.05, 0) is 72.3 Å². The van der Waals surface area contributed by atoms with Gasteiger partial charge in [-0.1, -0.05) is 17.7 Å². The molecule has 7 nitrogen and oxygen atoms in total. The third-order valence-corrected chi connectivity index (χ3v) is 9.55. The van der Waals surface area contributed by atoms with E-state index in [9.17, 15) is 9.59 Å². The fraction of sp³-hybridized carbons (Fsp3) is 0.250. The third kappa shape index (κ3) is 4.08. The number of aryl methyl sites for hydroxylation is 1. The number of hydrogen-bond acceptors (Lipinski definition) is 7. The van der Waals surface area contributed by atoms with Crippen molar-refractivity contribution in [3.8, 4) is 0 Å². The van der Waals surface area contributed by atoms with Crippen LogP contribution in [0.15, 0.2) is 52.4 Å². The van der Waals surface area contributed by atoms with Gasteiger partial charge in [-0.25, -0.2) is 4.57 Å². The van der Waals surface area contributed by atoms with Crippen LogP contribution in [0.4, 0.5) is 5.13 Å². The van der Waals surface area contributed by atoms with E-state index in [-0.39, 0.29) is 11.5 Å². The molecule has 4 heterocycles. The summed E-state index contributed by atoms with van der Waals surface area (Å²) in [6, 6.07) is 5.75. The average molecular weight is 545 g/mol. The van der Waals surface area contributed by atoms with Gasteiger partial charge in [0.15, 0.2) is 0 Å². The molecule has 0 unspecified atom stereocenters. The molecule has 0 atom stereocenters. The van der Waals surface area contributed by atoms with Crippen LogP contribution in [0.2, 0.25) is 5.02 Å². The van der Waals surface area contributed by atoms with Crippen LogP contribution in [0.25, 0.3) is 20.8 Å². The number of aliphatic imine (C=N–C) groups is 1. The molecule has 3 aromatic rings. The van der Waals surface area contributed by atoms with Gasteiger partial charge in [-0.2, -0.15) is 0 Å². The zero-order chi connectivity index (χ0) is 24.9. The largest absolute Gasteiger partial charge is 0.385 e. The number of thiazole rings is 2. The molecule has 180 valence electrons. The summed E-state index contributed by atoms with van der Waals surface area (Å²) in [5.74, 6) is -0.129. The minimum absolute atomic E-state index is 0.0866. The number of halogens is 1. The van der Waals surface area contributed by atoms with Crippen molar-refractivity contribution in [2.75, 3.05) is 13.6 Å². The molecular weight excluding hydrogens is 522 g/mol. The maximum Gasteiger partial charge on any atom is 0.385 e. The Morgan fingerprint density at radius 3 is 2.63 bits per heavy atom. The first-order chi connectivity index (χ1) is 16.8. The van der Waals surface area contributed by atoms with Gasteiger partial charge in [0.05, 0.1) is 17.4 Å². The summed E-state index contributed by atoms with van der Waals surface area (Å²) in [5.41, 5.74) is 1.76. The van der Waals surface area contributed by atoms with E-state index in [0.717, 1.165) is 21.0 Å². The van der Waals surface area contributed by atoms with Gasteiger partial charge in [0, 0.05) is 31.4 Å². The molecule has 2 aliphatic heterocycles. The molecular formula is C24H23ClN5O2S3+. The number of likely N-dealkylation sites (N-methyl/N-ethyl adjacent to an activating group) is 1. The second kappa shape index (κ2) is 9.42. The highest BCUT2D eigenvalue weighted by Gasteiger charge is 2.38. The van der Waals surface area contributed by atoms with Crippen molar-refractivity contribution in [3.63, 3.8) is 0 Å². The molecule has 35 heavy (non-hydrogen) atoms. The van der Waals surface area contributed by atoms with E-state index >= 15 is 0 Å². The first-order valence-corrected chi connectivity index (χ1v) is 13.9. The van der Waals surface area contributed by atoms with Gasteiger partial charge in [-0.3, -0.25) is 19.1 Å². The number of nitrogens with zero attached hydrogens (tertiary/aromatic N) is 5. The smallest absolute Gasteiger partial charge is 0.350 e. The van der Waals surface area contributed by atoms with Crippen LogP contribution in [0.5, 0.6) is 0 Å². The topological polar surface area (TPSA) is 61.8 Å². The standard InChI is InChI=1S/C24H23ClN5O2S3/c1-5-29-20(31)18(16-9-7-8-12-27(16)3)34-22(29)19-21(32)30(6-2)24(35-19)26-23-28(4)15-11-10-14(25)13-17(15)33-23/h7-13H,5-6H2,1-4H3/q+1/b18-16-,22-19-. The lowest BCUT2D eigenvalue weighted by Gasteiger charge is -2.16. The highest BCUT2D eigenvalue weighted by molar-refractivity contribution is 8.23. The van der Waals surface area contributed by atoms with E-state index in [1.807, 2.05) is 80.0 Å². The Balaban J connectivity index is 1.69. The van der Waals surface area contributed by atoms with Crippen LogP contribution in [0.1, 0.15) is 13.8 Å². The van der Waals surface area contributed by atoms with Gasteiger partial charge < -0.3 is 4.90 Å². The van der Waals surface area contributed by atoms with Crippen molar-refractivity contribution < 1.29 is 9.36 Å². The van der Waals surface area contributed by atoms with E-state index in [2.05, 4.69) is 0 Å². The van der Waals surface area contributed by atoms with Crippen LogP contribution in [0.3, 0.4) is 0 Å². The highest BCUT2D eigenvalue weighted by atomic mass is 35.5. The minimum atomic E-state index is -0.129. The van der Waals surface area contributed by atoms with Gasteiger partial charge >= 0.3 is 5.13 Å². The maximum absolute atomic E-state index is 13.5. The predicted molar refractivity (Wildman–Crippen MR) is 146 cm³/mol. The molecule has 5 rings (SSSR count). The summed E-state index contributed by atoms with van der Waals surface area (Å²) in [6.07, 6.45) is 7.67. The van der Waals surface area contributed by atoms with E-state index in [1.54, 1.807) is 9.47 Å². The predicted octanol–water partition coefficient (Wildman–Crippen LogP) is 3.14. The molecule has 0 saturated carbocycles. The minimum Gasteiger partial charge on any atom is -0.350 e. The number of carbonyl (C=O) groups excluding carboxylic acids is 1. The molecule has 1 amide bonds. The normalized spacial score (nSPS) is 20.3. The number of amides is 1. The number of benzene rings is 1. The summed E-state index contributed by atoms with van der Waals surface area (Å²) < 4.78 is 6.00. The van der Waals surface area contributed by atoms with Crippen LogP contribution in [-0.2, 0) is 18.4 Å². The second-order valence-electron chi connectivity index (χ2n) is 7.91. The molecule has 0 N–H and O–H groups in total. The Hall–Kier alpha value is -2.66. The molecule has 0 aliphatic carbocycles. The van der Waals surface area contributed by atoms with Gasteiger partial charge in [0.25, 0.3) is 16.6 Å². The molecule has 1 fully saturated rings. The SMILES string of the molecule is CCN1C(=O)/C(=c2/s/c(=C3/C=CC=CN3C)c(=O)n2CC)S/C1=N/c1sc2cc(Cl)ccc2[n+]1C. The number of rotatable bonds is 3. The number of amidine groups is 1. The van der Waals surface area contributed by atoms with Crippen LogP contribution in [0, 0.1) is 0 Å². The van der Waals surface area contributed by atoms with E-state index in [1.165, 1.54) is 34.4 Å². The van der Waals surface area contributed by atoms with Crippen molar-refractivity contribution in [2.24, 2.45) is 12.0 Å². The lowest BCUT2D eigenvalue weighted by Crippen LogP contribution is -2.35. The summed E-state index contributed by atoms with van der Waals surface area (Å²) in [5, 5.41) is 2.05. The fourth-order valence-corrected chi connectivity index (χ4v) is 7.83. The van der Waals surface area contributed by atoms with Gasteiger partial charge in [0.2, 0.25) is 0 Å². The van der Waals surface area contributed by atoms with Gasteiger partial charge in [0.1, 0.15) is 19.6 Å².